The number of carbonyl (C=O) groups is 1. The van der Waals surface area contributed by atoms with Gasteiger partial charge in [0.1, 0.15) is 5.75 Å². The van der Waals surface area contributed by atoms with E-state index >= 15 is 0 Å². The van der Waals surface area contributed by atoms with E-state index < -0.39 is 6.36 Å². The number of carbonyl (C=O) groups excluding carboxylic acids is 1. The van der Waals surface area contributed by atoms with Crippen molar-refractivity contribution < 1.29 is 27.5 Å². The molecule has 9 heteroatoms. The molecule has 5 nitrogen and oxygen atoms in total. The molecule has 1 amide bonds. The van der Waals surface area contributed by atoms with Gasteiger partial charge in [0.2, 0.25) is 5.91 Å². The lowest BCUT2D eigenvalue weighted by molar-refractivity contribution is -0.274. The fraction of sp³-hybridized carbons (Fsp3) is 0.391. The standard InChI is InChI=1S/C23H22ClF3N2O3/c24-16-8-6-15(7-9-16)21-12-20(29-32-21)18-2-1-3-19(18)22(30)28-13-14-4-10-17(11-5-14)31-23(25,26)27/h4-11,18-19,21H,1-3,12-13H2,(H,28,30). The number of ether oxygens (including phenoxy) is 1. The van der Waals surface area contributed by atoms with Crippen LogP contribution in [0.2, 0.25) is 5.02 Å². The molecule has 32 heavy (non-hydrogen) atoms. The molecule has 2 aromatic rings. The summed E-state index contributed by atoms with van der Waals surface area (Å²) < 4.78 is 40.7. The van der Waals surface area contributed by atoms with Crippen molar-refractivity contribution in [2.75, 3.05) is 0 Å². The predicted molar refractivity (Wildman–Crippen MR) is 113 cm³/mol. The number of rotatable bonds is 6. The molecule has 1 aliphatic carbocycles. The zero-order valence-electron chi connectivity index (χ0n) is 17.1. The highest BCUT2D eigenvalue weighted by molar-refractivity contribution is 6.30. The third-order valence-electron chi connectivity index (χ3n) is 5.84. The van der Waals surface area contributed by atoms with Crippen LogP contribution in [0.5, 0.6) is 5.75 Å². The Hall–Kier alpha value is -2.74. The van der Waals surface area contributed by atoms with E-state index in [-0.39, 0.29) is 36.1 Å². The van der Waals surface area contributed by atoms with Gasteiger partial charge in [0, 0.05) is 29.8 Å². The van der Waals surface area contributed by atoms with Crippen LogP contribution in [0.15, 0.2) is 53.7 Å². The molecule has 0 spiro atoms. The second-order valence-electron chi connectivity index (χ2n) is 7.99. The summed E-state index contributed by atoms with van der Waals surface area (Å²) in [5.41, 5.74) is 2.58. The van der Waals surface area contributed by atoms with Crippen LogP contribution in [-0.4, -0.2) is 18.0 Å². The molecular formula is C23H22ClF3N2O3. The van der Waals surface area contributed by atoms with Crippen LogP contribution >= 0.6 is 11.6 Å². The first-order valence-electron chi connectivity index (χ1n) is 10.4. The van der Waals surface area contributed by atoms with Crippen molar-refractivity contribution in [1.82, 2.24) is 5.32 Å². The number of benzene rings is 2. The Labute approximate surface area is 188 Å². The summed E-state index contributed by atoms with van der Waals surface area (Å²) in [5, 5.41) is 7.84. The molecule has 1 aliphatic heterocycles. The molecule has 0 aromatic heterocycles. The molecule has 0 saturated heterocycles. The molecule has 0 radical (unpaired) electrons. The van der Waals surface area contributed by atoms with E-state index in [9.17, 15) is 18.0 Å². The molecule has 1 N–H and O–H groups in total. The molecule has 4 rings (SSSR count). The van der Waals surface area contributed by atoms with Gasteiger partial charge in [-0.1, -0.05) is 47.4 Å². The summed E-state index contributed by atoms with van der Waals surface area (Å²) >= 11 is 5.95. The first kappa shape index (κ1) is 22.5. The Kier molecular flexibility index (Phi) is 6.60. The van der Waals surface area contributed by atoms with Crippen LogP contribution in [0.3, 0.4) is 0 Å². The van der Waals surface area contributed by atoms with Gasteiger partial charge in [0.25, 0.3) is 0 Å². The maximum absolute atomic E-state index is 12.8. The van der Waals surface area contributed by atoms with E-state index in [1.54, 1.807) is 0 Å². The molecule has 3 unspecified atom stereocenters. The van der Waals surface area contributed by atoms with E-state index in [1.807, 2.05) is 24.3 Å². The summed E-state index contributed by atoms with van der Waals surface area (Å²) in [6.45, 7) is 0.227. The fourth-order valence-electron chi connectivity index (χ4n) is 4.27. The predicted octanol–water partition coefficient (Wildman–Crippen LogP) is 5.79. The third kappa shape index (κ3) is 5.54. The summed E-state index contributed by atoms with van der Waals surface area (Å²) in [7, 11) is 0. The molecule has 170 valence electrons. The van der Waals surface area contributed by atoms with Crippen LogP contribution in [0.4, 0.5) is 13.2 Å². The minimum absolute atomic E-state index is 0.0230. The second-order valence-corrected chi connectivity index (χ2v) is 8.42. The zero-order valence-corrected chi connectivity index (χ0v) is 17.8. The number of amides is 1. The first-order valence-corrected chi connectivity index (χ1v) is 10.8. The number of hydrogen-bond acceptors (Lipinski definition) is 4. The van der Waals surface area contributed by atoms with E-state index in [0.717, 1.165) is 30.5 Å². The third-order valence-corrected chi connectivity index (χ3v) is 6.09. The monoisotopic (exact) mass is 466 g/mol. The number of nitrogens with zero attached hydrogens (tertiary/aromatic N) is 1. The minimum atomic E-state index is -4.73. The minimum Gasteiger partial charge on any atom is -0.406 e. The zero-order chi connectivity index (χ0) is 22.7. The van der Waals surface area contributed by atoms with Crippen molar-refractivity contribution in [3.05, 3.63) is 64.7 Å². The number of nitrogens with one attached hydrogen (secondary N) is 1. The van der Waals surface area contributed by atoms with Crippen molar-refractivity contribution in [2.45, 2.75) is 44.7 Å². The van der Waals surface area contributed by atoms with Crippen LogP contribution in [-0.2, 0) is 16.2 Å². The number of hydrogen-bond donors (Lipinski definition) is 1. The molecule has 1 saturated carbocycles. The Morgan fingerprint density at radius 1 is 1.12 bits per heavy atom. The summed E-state index contributed by atoms with van der Waals surface area (Å²) in [6.07, 6.45) is -1.71. The highest BCUT2D eigenvalue weighted by Gasteiger charge is 2.39. The topological polar surface area (TPSA) is 59.9 Å². The van der Waals surface area contributed by atoms with Crippen molar-refractivity contribution in [3.8, 4) is 5.75 Å². The van der Waals surface area contributed by atoms with Crippen molar-refractivity contribution >= 4 is 23.2 Å². The van der Waals surface area contributed by atoms with E-state index in [1.165, 1.54) is 24.3 Å². The quantitative estimate of drug-likeness (QED) is 0.586. The lowest BCUT2D eigenvalue weighted by atomic mass is 9.87. The molecule has 0 bridgehead atoms. The number of oxime groups is 1. The average Bonchev–Trinajstić information content (AvgIpc) is 3.42. The van der Waals surface area contributed by atoms with E-state index in [4.69, 9.17) is 16.4 Å². The van der Waals surface area contributed by atoms with Gasteiger partial charge in [-0.2, -0.15) is 0 Å². The van der Waals surface area contributed by atoms with Crippen molar-refractivity contribution in [1.29, 1.82) is 0 Å². The summed E-state index contributed by atoms with van der Waals surface area (Å²) in [4.78, 5) is 18.5. The Morgan fingerprint density at radius 2 is 1.84 bits per heavy atom. The Balaban J connectivity index is 1.31. The normalized spacial score (nSPS) is 22.9. The van der Waals surface area contributed by atoms with Crippen LogP contribution in [0.1, 0.15) is 42.9 Å². The molecule has 2 aromatic carbocycles. The molecule has 2 aliphatic rings. The van der Waals surface area contributed by atoms with Crippen LogP contribution in [0, 0.1) is 11.8 Å². The summed E-state index contributed by atoms with van der Waals surface area (Å²) in [6, 6.07) is 12.9. The number of halogens is 4. The van der Waals surface area contributed by atoms with Crippen LogP contribution in [0.25, 0.3) is 0 Å². The first-order chi connectivity index (χ1) is 15.3. The lowest BCUT2D eigenvalue weighted by Crippen LogP contribution is -2.34. The maximum atomic E-state index is 12.8. The summed E-state index contributed by atoms with van der Waals surface area (Å²) in [5.74, 6) is -0.553. The molecular weight excluding hydrogens is 445 g/mol. The number of alkyl halides is 3. The van der Waals surface area contributed by atoms with Crippen molar-refractivity contribution in [3.63, 3.8) is 0 Å². The van der Waals surface area contributed by atoms with Crippen LogP contribution < -0.4 is 10.1 Å². The molecule has 3 atom stereocenters. The van der Waals surface area contributed by atoms with Gasteiger partial charge in [-0.15, -0.1) is 13.2 Å². The van der Waals surface area contributed by atoms with Gasteiger partial charge >= 0.3 is 6.36 Å². The van der Waals surface area contributed by atoms with Gasteiger partial charge in [-0.05, 0) is 48.2 Å². The SMILES string of the molecule is O=C(NCc1ccc(OC(F)(F)F)cc1)C1CCCC1C1=NOC(c2ccc(Cl)cc2)C1. The van der Waals surface area contributed by atoms with Gasteiger partial charge in [0.05, 0.1) is 5.71 Å². The van der Waals surface area contributed by atoms with Gasteiger partial charge in [-0.25, -0.2) is 0 Å². The largest absolute Gasteiger partial charge is 0.573 e. The van der Waals surface area contributed by atoms with Gasteiger partial charge in [0.15, 0.2) is 6.10 Å². The van der Waals surface area contributed by atoms with Gasteiger partial charge in [-0.3, -0.25) is 4.79 Å². The van der Waals surface area contributed by atoms with E-state index in [2.05, 4.69) is 15.2 Å². The fourth-order valence-corrected chi connectivity index (χ4v) is 4.40. The van der Waals surface area contributed by atoms with Crippen molar-refractivity contribution in [2.24, 2.45) is 17.0 Å². The maximum Gasteiger partial charge on any atom is 0.573 e. The van der Waals surface area contributed by atoms with Gasteiger partial charge < -0.3 is 14.9 Å². The smallest absolute Gasteiger partial charge is 0.406 e. The highest BCUT2D eigenvalue weighted by Crippen LogP contribution is 2.39. The second kappa shape index (κ2) is 9.40. The lowest BCUT2D eigenvalue weighted by Gasteiger charge is -2.19. The van der Waals surface area contributed by atoms with E-state index in [0.29, 0.717) is 17.0 Å². The average molecular weight is 467 g/mol. The Bertz CT molecular complexity index is 977. The molecule has 1 heterocycles. The highest BCUT2D eigenvalue weighted by atomic mass is 35.5. The molecule has 1 fully saturated rings. The Morgan fingerprint density at radius 3 is 2.53 bits per heavy atom.